The van der Waals surface area contributed by atoms with Crippen molar-refractivity contribution in [3.8, 4) is 0 Å². The summed E-state index contributed by atoms with van der Waals surface area (Å²) in [6, 6.07) is 13.0. The number of benzene rings is 2. The van der Waals surface area contributed by atoms with E-state index >= 15 is 0 Å². The summed E-state index contributed by atoms with van der Waals surface area (Å²) in [5.74, 6) is 2.52. The number of piperidine rings is 1. The molecule has 5 heteroatoms. The van der Waals surface area contributed by atoms with Crippen molar-refractivity contribution in [2.24, 2.45) is 16.8 Å². The number of carbonyl (C=O) groups is 2. The Morgan fingerprint density at radius 2 is 1.80 bits per heavy atom. The van der Waals surface area contributed by atoms with Crippen molar-refractivity contribution < 1.29 is 9.59 Å². The molecule has 0 amide bonds. The van der Waals surface area contributed by atoms with Gasteiger partial charge in [-0.3, -0.25) is 14.7 Å². The number of rotatable bonds is 6. The minimum absolute atomic E-state index is 0.238. The predicted octanol–water partition coefficient (Wildman–Crippen LogP) is 5.67. The van der Waals surface area contributed by atoms with Crippen LogP contribution < -0.4 is 4.90 Å². The third kappa shape index (κ3) is 4.14. The first-order valence-electron chi connectivity index (χ1n) is 13.0. The number of fused-ring (bicyclic) bond motifs is 1. The molecule has 2 aromatic rings. The highest BCUT2D eigenvalue weighted by atomic mass is 16.1. The van der Waals surface area contributed by atoms with Crippen molar-refractivity contribution in [1.29, 1.82) is 0 Å². The Morgan fingerprint density at radius 1 is 1.06 bits per heavy atom. The fraction of sp³-hybridized carbons (Fsp3) is 0.500. The van der Waals surface area contributed by atoms with Crippen LogP contribution in [0.15, 0.2) is 41.4 Å². The van der Waals surface area contributed by atoms with Gasteiger partial charge in [0.05, 0.1) is 11.4 Å². The first-order chi connectivity index (χ1) is 16.9. The molecule has 0 radical (unpaired) electrons. The van der Waals surface area contributed by atoms with Crippen molar-refractivity contribution in [2.45, 2.75) is 57.8 Å². The molecule has 0 N–H and O–H groups in total. The van der Waals surface area contributed by atoms with E-state index in [0.29, 0.717) is 17.8 Å². The van der Waals surface area contributed by atoms with Crippen LogP contribution in [0.2, 0.25) is 0 Å². The zero-order valence-electron chi connectivity index (χ0n) is 21.5. The smallest absolute Gasteiger partial charge is 0.152 e. The fourth-order valence-corrected chi connectivity index (χ4v) is 6.53. The van der Waals surface area contributed by atoms with Gasteiger partial charge in [0.1, 0.15) is 12.1 Å². The van der Waals surface area contributed by atoms with Gasteiger partial charge in [0.2, 0.25) is 0 Å². The van der Waals surface area contributed by atoms with Gasteiger partial charge in [-0.1, -0.05) is 24.3 Å². The van der Waals surface area contributed by atoms with Gasteiger partial charge in [0.15, 0.2) is 6.29 Å². The molecule has 1 saturated carbocycles. The number of anilines is 2. The fourth-order valence-electron chi connectivity index (χ4n) is 6.53. The summed E-state index contributed by atoms with van der Waals surface area (Å²) in [5.41, 5.74) is 6.17. The first kappa shape index (κ1) is 23.9. The van der Waals surface area contributed by atoms with E-state index in [9.17, 15) is 9.59 Å². The van der Waals surface area contributed by atoms with Crippen molar-refractivity contribution in [3.05, 3.63) is 58.7 Å². The lowest BCUT2D eigenvalue weighted by atomic mass is 9.75. The van der Waals surface area contributed by atoms with Crippen molar-refractivity contribution in [3.63, 3.8) is 0 Å². The van der Waals surface area contributed by atoms with E-state index in [1.54, 1.807) is 0 Å². The highest BCUT2D eigenvalue weighted by Gasteiger charge is 2.43. The number of nitrogens with zero attached hydrogens (tertiary/aromatic N) is 3. The number of hydrogen-bond acceptors (Lipinski definition) is 4. The molecule has 2 fully saturated rings. The van der Waals surface area contributed by atoms with Gasteiger partial charge in [-0.25, -0.2) is 0 Å². The molecule has 1 aliphatic carbocycles. The molecule has 0 spiro atoms. The average Bonchev–Trinajstić information content (AvgIpc) is 3.06. The number of hydrogen-bond donors (Lipinski definition) is 0. The maximum absolute atomic E-state index is 12.1. The highest BCUT2D eigenvalue weighted by molar-refractivity contribution is 6.17. The molecule has 0 unspecified atom stereocenters. The summed E-state index contributed by atoms with van der Waals surface area (Å²) >= 11 is 0. The second-order valence-corrected chi connectivity index (χ2v) is 11.2. The van der Waals surface area contributed by atoms with Crippen molar-refractivity contribution in [1.82, 2.24) is 4.90 Å². The molecule has 2 heterocycles. The second kappa shape index (κ2) is 9.34. The van der Waals surface area contributed by atoms with E-state index in [1.807, 2.05) is 32.2 Å². The topological polar surface area (TPSA) is 53.0 Å². The quantitative estimate of drug-likeness (QED) is 0.510. The molecule has 1 saturated heterocycles. The van der Waals surface area contributed by atoms with E-state index < -0.39 is 0 Å². The van der Waals surface area contributed by atoms with E-state index in [0.717, 1.165) is 86.2 Å². The Bertz CT molecular complexity index is 1150. The maximum Gasteiger partial charge on any atom is 0.152 e. The summed E-state index contributed by atoms with van der Waals surface area (Å²) in [5, 5.41) is 0. The molecule has 3 aliphatic rings. The molecule has 2 aromatic carbocycles. The number of aldehydes is 2. The Labute approximate surface area is 209 Å². The van der Waals surface area contributed by atoms with E-state index in [4.69, 9.17) is 4.99 Å². The highest BCUT2D eigenvalue weighted by Crippen LogP contribution is 2.48. The number of aryl methyl sites for hydroxylation is 1. The van der Waals surface area contributed by atoms with Gasteiger partial charge in [-0.15, -0.1) is 0 Å². The molecule has 5 rings (SSSR count). The monoisotopic (exact) mass is 471 g/mol. The third-order valence-corrected chi connectivity index (χ3v) is 8.62. The molecule has 0 bridgehead atoms. The Kier molecular flexibility index (Phi) is 6.39. The summed E-state index contributed by atoms with van der Waals surface area (Å²) in [6.45, 7) is 9.81. The standard InChI is InChI=1S/C30H37N3O2/c1-20-6-5-7-27(25(20)19-35)33-28-16-24(8-9-26(28)30(2,3)29(33)31-4)23-10-12-32(13-11-23)17-21-14-22(15-21)18-34/h5-9,16,18-19,21-23H,10-15,17H2,1-4H3. The summed E-state index contributed by atoms with van der Waals surface area (Å²) in [7, 11) is 1.85. The largest absolute Gasteiger partial charge is 0.303 e. The van der Waals surface area contributed by atoms with Gasteiger partial charge in [0.25, 0.3) is 0 Å². The normalized spacial score (nSPS) is 25.4. The second-order valence-electron chi connectivity index (χ2n) is 11.2. The number of amidine groups is 1. The molecular weight excluding hydrogens is 434 g/mol. The minimum Gasteiger partial charge on any atom is -0.303 e. The minimum atomic E-state index is -0.238. The number of aliphatic imine (C=N–C) groups is 1. The van der Waals surface area contributed by atoms with Crippen LogP contribution in [0.5, 0.6) is 0 Å². The zero-order valence-corrected chi connectivity index (χ0v) is 21.5. The van der Waals surface area contributed by atoms with Gasteiger partial charge < -0.3 is 9.69 Å². The van der Waals surface area contributed by atoms with Crippen LogP contribution in [0.3, 0.4) is 0 Å². The maximum atomic E-state index is 12.1. The van der Waals surface area contributed by atoms with Gasteiger partial charge in [0, 0.05) is 30.5 Å². The van der Waals surface area contributed by atoms with Crippen LogP contribution in [-0.2, 0) is 10.2 Å². The number of carbonyl (C=O) groups excluding carboxylic acids is 2. The summed E-state index contributed by atoms with van der Waals surface area (Å²) in [6.07, 6.45) is 6.56. The zero-order chi connectivity index (χ0) is 24.7. The van der Waals surface area contributed by atoms with Crippen LogP contribution >= 0.6 is 0 Å². The van der Waals surface area contributed by atoms with Crippen LogP contribution in [-0.4, -0.2) is 50.0 Å². The van der Waals surface area contributed by atoms with E-state index in [2.05, 4.69) is 41.8 Å². The molecule has 2 aliphatic heterocycles. The van der Waals surface area contributed by atoms with Gasteiger partial charge >= 0.3 is 0 Å². The molecule has 35 heavy (non-hydrogen) atoms. The molecule has 0 aromatic heterocycles. The lowest BCUT2D eigenvalue weighted by Gasteiger charge is -2.39. The van der Waals surface area contributed by atoms with E-state index in [-0.39, 0.29) is 5.41 Å². The average molecular weight is 472 g/mol. The van der Waals surface area contributed by atoms with Gasteiger partial charge in [-0.2, -0.15) is 0 Å². The van der Waals surface area contributed by atoms with Crippen LogP contribution in [0.25, 0.3) is 0 Å². The number of likely N-dealkylation sites (tertiary alicyclic amines) is 1. The van der Waals surface area contributed by atoms with Crippen LogP contribution in [0, 0.1) is 18.8 Å². The van der Waals surface area contributed by atoms with Crippen LogP contribution in [0.1, 0.15) is 72.5 Å². The van der Waals surface area contributed by atoms with Crippen LogP contribution in [0.4, 0.5) is 11.4 Å². The summed E-state index contributed by atoms with van der Waals surface area (Å²) in [4.78, 5) is 32.5. The molecular formula is C30H37N3O2. The molecule has 5 nitrogen and oxygen atoms in total. The summed E-state index contributed by atoms with van der Waals surface area (Å²) < 4.78 is 0. The Hall–Kier alpha value is -2.79. The third-order valence-electron chi connectivity index (χ3n) is 8.62. The van der Waals surface area contributed by atoms with Crippen molar-refractivity contribution >= 4 is 29.8 Å². The molecule has 184 valence electrons. The van der Waals surface area contributed by atoms with Gasteiger partial charge in [-0.05, 0) is 100 Å². The van der Waals surface area contributed by atoms with E-state index in [1.165, 1.54) is 11.1 Å². The first-order valence-corrected chi connectivity index (χ1v) is 13.0. The molecule has 0 atom stereocenters. The lowest BCUT2D eigenvalue weighted by Crippen LogP contribution is -2.40. The Morgan fingerprint density at radius 3 is 2.46 bits per heavy atom. The predicted molar refractivity (Wildman–Crippen MR) is 142 cm³/mol. The van der Waals surface area contributed by atoms with Crippen molar-refractivity contribution in [2.75, 3.05) is 31.6 Å². The Balaban J connectivity index is 1.41. The lowest BCUT2D eigenvalue weighted by molar-refractivity contribution is -0.114. The SMILES string of the molecule is CN=C1N(c2cccc(C)c2C=O)c2cc(C3CCN(CC4CC(C=O)C4)CC3)ccc2C1(C)C.